The van der Waals surface area contributed by atoms with Crippen LogP contribution < -0.4 is 5.32 Å². The third-order valence-electron chi connectivity index (χ3n) is 4.60. The molecule has 0 aliphatic carbocycles. The van der Waals surface area contributed by atoms with Gasteiger partial charge in [-0.15, -0.1) is 0 Å². The number of hydrogen-bond acceptors (Lipinski definition) is 4. The summed E-state index contributed by atoms with van der Waals surface area (Å²) in [4.78, 5) is 25.6. The van der Waals surface area contributed by atoms with Crippen molar-refractivity contribution >= 4 is 17.5 Å². The first-order valence-electron chi connectivity index (χ1n) is 8.49. The Morgan fingerprint density at radius 1 is 1.12 bits per heavy atom. The van der Waals surface area contributed by atoms with E-state index < -0.39 is 24.0 Å². The Hall–Kier alpha value is -1.92. The van der Waals surface area contributed by atoms with Gasteiger partial charge in [0.05, 0.1) is 0 Å². The normalized spacial score (nSPS) is 18.1. The molecule has 1 unspecified atom stereocenters. The molecule has 0 saturated carbocycles. The first kappa shape index (κ1) is 18.4. The summed E-state index contributed by atoms with van der Waals surface area (Å²) in [6.45, 7) is 5.34. The number of amides is 2. The minimum absolute atomic E-state index is 0.431. The van der Waals surface area contributed by atoms with Crippen LogP contribution in [0.5, 0.6) is 0 Å². The average molecular weight is 334 g/mol. The number of aliphatic hydroxyl groups excluding tert-OH is 2. The van der Waals surface area contributed by atoms with Gasteiger partial charge in [-0.05, 0) is 42.9 Å². The molecule has 1 aliphatic rings. The van der Waals surface area contributed by atoms with Crippen molar-refractivity contribution in [2.24, 2.45) is 0 Å². The number of aliphatic hydroxyl groups is 2. The monoisotopic (exact) mass is 334 g/mol. The van der Waals surface area contributed by atoms with E-state index in [0.717, 1.165) is 19.3 Å². The molecule has 2 amide bonds. The number of carbonyl (C=O) groups excluding carboxylic acids is 2. The van der Waals surface area contributed by atoms with Crippen LogP contribution in [0, 0.1) is 0 Å². The number of anilines is 1. The minimum Gasteiger partial charge on any atom is -0.380 e. The topological polar surface area (TPSA) is 89.9 Å². The van der Waals surface area contributed by atoms with Gasteiger partial charge in [0.15, 0.2) is 12.2 Å². The molecular formula is C18H26N2O4. The van der Waals surface area contributed by atoms with E-state index in [2.05, 4.69) is 19.2 Å². The van der Waals surface area contributed by atoms with Gasteiger partial charge in [-0.1, -0.05) is 26.0 Å². The van der Waals surface area contributed by atoms with Gasteiger partial charge in [-0.2, -0.15) is 0 Å². The molecule has 24 heavy (non-hydrogen) atoms. The average Bonchev–Trinajstić information content (AvgIpc) is 3.14. The van der Waals surface area contributed by atoms with Crippen LogP contribution in [-0.4, -0.2) is 52.2 Å². The van der Waals surface area contributed by atoms with Crippen LogP contribution in [0.4, 0.5) is 5.69 Å². The standard InChI is InChI=1S/C18H26N2O4/c1-3-12(2)13-6-8-14(9-7-13)19-17(23)15(21)16(22)18(24)20-10-4-5-11-20/h6-9,12,15-16,21-22H,3-5,10-11H2,1-2H3,(H,19,23)/t12?,15-,16-/m1/s1. The Kier molecular flexibility index (Phi) is 6.34. The lowest BCUT2D eigenvalue weighted by Crippen LogP contribution is -2.48. The molecule has 1 heterocycles. The maximum atomic E-state index is 12.1. The molecule has 132 valence electrons. The largest absolute Gasteiger partial charge is 0.380 e. The fraction of sp³-hybridized carbons (Fsp3) is 0.556. The van der Waals surface area contributed by atoms with Crippen molar-refractivity contribution in [3.05, 3.63) is 29.8 Å². The van der Waals surface area contributed by atoms with E-state index in [9.17, 15) is 19.8 Å². The van der Waals surface area contributed by atoms with Crippen molar-refractivity contribution in [3.63, 3.8) is 0 Å². The molecule has 1 aliphatic heterocycles. The van der Waals surface area contributed by atoms with Crippen molar-refractivity contribution < 1.29 is 19.8 Å². The summed E-state index contributed by atoms with van der Waals surface area (Å²) in [5.41, 5.74) is 1.69. The van der Waals surface area contributed by atoms with Crippen LogP contribution in [0.15, 0.2) is 24.3 Å². The highest BCUT2D eigenvalue weighted by molar-refractivity contribution is 5.98. The third-order valence-corrected chi connectivity index (χ3v) is 4.60. The van der Waals surface area contributed by atoms with Gasteiger partial charge in [-0.3, -0.25) is 9.59 Å². The molecule has 2 rings (SSSR count). The Morgan fingerprint density at radius 2 is 1.71 bits per heavy atom. The van der Waals surface area contributed by atoms with Gasteiger partial charge in [-0.25, -0.2) is 0 Å². The molecule has 0 bridgehead atoms. The van der Waals surface area contributed by atoms with Gasteiger partial charge >= 0.3 is 0 Å². The Labute approximate surface area is 142 Å². The molecule has 6 heteroatoms. The third kappa shape index (κ3) is 4.33. The Morgan fingerprint density at radius 3 is 2.25 bits per heavy atom. The minimum atomic E-state index is -1.78. The molecule has 1 aromatic rings. The summed E-state index contributed by atoms with van der Waals surface area (Å²) >= 11 is 0. The second kappa shape index (κ2) is 8.26. The second-order valence-electron chi connectivity index (χ2n) is 6.34. The zero-order valence-electron chi connectivity index (χ0n) is 14.2. The number of benzene rings is 1. The number of nitrogens with one attached hydrogen (secondary N) is 1. The number of nitrogens with zero attached hydrogens (tertiary/aromatic N) is 1. The van der Waals surface area contributed by atoms with Gasteiger partial charge < -0.3 is 20.4 Å². The van der Waals surface area contributed by atoms with Crippen LogP contribution in [0.1, 0.15) is 44.6 Å². The fourth-order valence-corrected chi connectivity index (χ4v) is 2.75. The van der Waals surface area contributed by atoms with Crippen molar-refractivity contribution in [1.29, 1.82) is 0 Å². The van der Waals surface area contributed by atoms with E-state index in [-0.39, 0.29) is 0 Å². The first-order chi connectivity index (χ1) is 11.4. The lowest BCUT2D eigenvalue weighted by Gasteiger charge is -2.22. The van der Waals surface area contributed by atoms with Gasteiger partial charge in [0.1, 0.15) is 0 Å². The first-order valence-corrected chi connectivity index (χ1v) is 8.49. The van der Waals surface area contributed by atoms with Crippen LogP contribution in [0.2, 0.25) is 0 Å². The highest BCUT2D eigenvalue weighted by Crippen LogP contribution is 2.20. The molecule has 1 fully saturated rings. The maximum Gasteiger partial charge on any atom is 0.256 e. The van der Waals surface area contributed by atoms with Crippen molar-refractivity contribution in [2.75, 3.05) is 18.4 Å². The zero-order chi connectivity index (χ0) is 17.7. The summed E-state index contributed by atoms with van der Waals surface area (Å²) in [6, 6.07) is 7.34. The van der Waals surface area contributed by atoms with Crippen molar-refractivity contribution in [2.45, 2.75) is 51.2 Å². The maximum absolute atomic E-state index is 12.1. The van der Waals surface area contributed by atoms with Crippen LogP contribution >= 0.6 is 0 Å². The summed E-state index contributed by atoms with van der Waals surface area (Å²) < 4.78 is 0. The lowest BCUT2D eigenvalue weighted by molar-refractivity contribution is -0.150. The van der Waals surface area contributed by atoms with E-state index in [1.165, 1.54) is 10.5 Å². The number of carbonyl (C=O) groups is 2. The Bertz CT molecular complexity index is 567. The van der Waals surface area contributed by atoms with Crippen molar-refractivity contribution in [1.82, 2.24) is 4.90 Å². The molecule has 1 saturated heterocycles. The lowest BCUT2D eigenvalue weighted by atomic mass is 9.98. The molecule has 3 atom stereocenters. The second-order valence-corrected chi connectivity index (χ2v) is 6.34. The molecule has 0 spiro atoms. The number of hydrogen-bond donors (Lipinski definition) is 3. The summed E-state index contributed by atoms with van der Waals surface area (Å²) in [5.74, 6) is -0.950. The molecule has 0 aromatic heterocycles. The predicted octanol–water partition coefficient (Wildman–Crippen LogP) is 1.48. The highest BCUT2D eigenvalue weighted by atomic mass is 16.3. The van der Waals surface area contributed by atoms with Gasteiger partial charge in [0, 0.05) is 18.8 Å². The zero-order valence-corrected chi connectivity index (χ0v) is 14.2. The number of likely N-dealkylation sites (tertiary alicyclic amines) is 1. The molecule has 0 radical (unpaired) electrons. The van der Waals surface area contributed by atoms with Crippen molar-refractivity contribution in [3.8, 4) is 0 Å². The quantitative estimate of drug-likeness (QED) is 0.735. The predicted molar refractivity (Wildman–Crippen MR) is 91.6 cm³/mol. The van der Waals surface area contributed by atoms with Gasteiger partial charge in [0.25, 0.3) is 11.8 Å². The molecule has 3 N–H and O–H groups in total. The number of rotatable bonds is 6. The van der Waals surface area contributed by atoms with E-state index in [0.29, 0.717) is 24.7 Å². The smallest absolute Gasteiger partial charge is 0.256 e. The molecular weight excluding hydrogens is 308 g/mol. The van der Waals surface area contributed by atoms with E-state index in [4.69, 9.17) is 0 Å². The summed E-state index contributed by atoms with van der Waals surface area (Å²) in [6.07, 6.45) is -0.739. The van der Waals surface area contributed by atoms with Crippen LogP contribution in [0.25, 0.3) is 0 Å². The van der Waals surface area contributed by atoms with Gasteiger partial charge in [0.2, 0.25) is 0 Å². The summed E-state index contributed by atoms with van der Waals surface area (Å²) in [7, 11) is 0. The van der Waals surface area contributed by atoms with Crippen LogP contribution in [-0.2, 0) is 9.59 Å². The highest BCUT2D eigenvalue weighted by Gasteiger charge is 2.34. The Balaban J connectivity index is 1.94. The summed E-state index contributed by atoms with van der Waals surface area (Å²) in [5, 5.41) is 22.4. The molecule has 6 nitrogen and oxygen atoms in total. The SMILES string of the molecule is CCC(C)c1ccc(NC(=O)[C@H](O)[C@@H](O)C(=O)N2CCCC2)cc1. The fourth-order valence-electron chi connectivity index (χ4n) is 2.75. The van der Waals surface area contributed by atoms with E-state index in [1.54, 1.807) is 12.1 Å². The van der Waals surface area contributed by atoms with E-state index >= 15 is 0 Å². The van der Waals surface area contributed by atoms with Crippen LogP contribution in [0.3, 0.4) is 0 Å². The molecule has 1 aromatic carbocycles. The van der Waals surface area contributed by atoms with E-state index in [1.807, 2.05) is 12.1 Å².